The lowest BCUT2D eigenvalue weighted by molar-refractivity contribution is -0.0328. The van der Waals surface area contributed by atoms with Crippen molar-refractivity contribution in [3.63, 3.8) is 0 Å². The smallest absolute Gasteiger partial charge is 0.160 e. The predicted molar refractivity (Wildman–Crippen MR) is 67.0 cm³/mol. The Bertz CT molecular complexity index is 366. The number of hydrogen-bond acceptors (Lipinski definition) is 1. The van der Waals surface area contributed by atoms with Gasteiger partial charge in [0.1, 0.15) is 0 Å². The summed E-state index contributed by atoms with van der Waals surface area (Å²) in [4.78, 5) is 0.180. The van der Waals surface area contributed by atoms with Gasteiger partial charge >= 0.3 is 5.51 Å². The summed E-state index contributed by atoms with van der Waals surface area (Å²) in [6.45, 7) is 0. The van der Waals surface area contributed by atoms with Crippen molar-refractivity contribution in [2.45, 2.75) is 29.1 Å². The lowest BCUT2D eigenvalue weighted by Gasteiger charge is -2.11. The Morgan fingerprint density at radius 1 is 1.18 bits per heavy atom. The third kappa shape index (κ3) is 5.40. The summed E-state index contributed by atoms with van der Waals surface area (Å²) in [5, 5.41) is 0. The Labute approximate surface area is 112 Å². The van der Waals surface area contributed by atoms with Crippen LogP contribution in [-0.4, -0.2) is 11.4 Å². The molecule has 6 heteroatoms. The molecule has 0 spiro atoms. The molecular formula is C11H11Cl2F3S. The first-order valence-electron chi connectivity index (χ1n) is 4.95. The van der Waals surface area contributed by atoms with Crippen molar-refractivity contribution in [3.05, 3.63) is 29.3 Å². The number of hydrogen-bond donors (Lipinski definition) is 0. The van der Waals surface area contributed by atoms with Crippen LogP contribution < -0.4 is 0 Å². The molecule has 0 radical (unpaired) electrons. The van der Waals surface area contributed by atoms with Gasteiger partial charge in [0.2, 0.25) is 0 Å². The fraction of sp³-hybridized carbons (Fsp3) is 0.455. The highest BCUT2D eigenvalue weighted by Gasteiger charge is 2.30. The molecule has 96 valence electrons. The molecule has 17 heavy (non-hydrogen) atoms. The van der Waals surface area contributed by atoms with Gasteiger partial charge in [-0.2, -0.15) is 13.2 Å². The van der Waals surface area contributed by atoms with E-state index in [1.807, 2.05) is 0 Å². The minimum Gasteiger partial charge on any atom is -0.160 e. The standard InChI is InChI=1S/C11H11Cl2F3S/c12-5-1-2-8-3-4-9(7-13)10(6-8)17-11(14,15)16/h3-4,6H,1-2,5,7H2. The largest absolute Gasteiger partial charge is 0.446 e. The van der Waals surface area contributed by atoms with Gasteiger partial charge < -0.3 is 0 Å². The predicted octanol–water partition coefficient (Wildman–Crippen LogP) is 5.21. The molecule has 0 N–H and O–H groups in total. The lowest BCUT2D eigenvalue weighted by atomic mass is 10.1. The molecule has 0 saturated heterocycles. The van der Waals surface area contributed by atoms with Crippen LogP contribution in [0.3, 0.4) is 0 Å². The molecule has 0 aliphatic heterocycles. The van der Waals surface area contributed by atoms with Crippen LogP contribution in [0.4, 0.5) is 13.2 Å². The van der Waals surface area contributed by atoms with Gasteiger partial charge in [-0.3, -0.25) is 0 Å². The van der Waals surface area contributed by atoms with E-state index in [1.165, 1.54) is 0 Å². The van der Waals surface area contributed by atoms with Crippen LogP contribution in [0.5, 0.6) is 0 Å². The first-order valence-corrected chi connectivity index (χ1v) is 6.84. The topological polar surface area (TPSA) is 0 Å². The second kappa shape index (κ2) is 6.76. The normalized spacial score (nSPS) is 11.8. The first kappa shape index (κ1) is 15.0. The van der Waals surface area contributed by atoms with Crippen LogP contribution in [0.15, 0.2) is 23.1 Å². The van der Waals surface area contributed by atoms with Crippen molar-refractivity contribution in [3.8, 4) is 0 Å². The summed E-state index contributed by atoms with van der Waals surface area (Å²) in [6.07, 6.45) is 1.43. The van der Waals surface area contributed by atoms with Crippen molar-refractivity contribution in [2.75, 3.05) is 5.88 Å². The summed E-state index contributed by atoms with van der Waals surface area (Å²) in [6, 6.07) is 4.98. The van der Waals surface area contributed by atoms with Gasteiger partial charge in [0.05, 0.1) is 0 Å². The highest BCUT2D eigenvalue weighted by Crippen LogP contribution is 2.39. The average molecular weight is 303 g/mol. The van der Waals surface area contributed by atoms with Gasteiger partial charge in [-0.1, -0.05) is 12.1 Å². The number of thioether (sulfide) groups is 1. The van der Waals surface area contributed by atoms with E-state index in [0.717, 1.165) is 12.0 Å². The van der Waals surface area contributed by atoms with Crippen molar-refractivity contribution in [2.24, 2.45) is 0 Å². The molecule has 0 unspecified atom stereocenters. The summed E-state index contributed by atoms with van der Waals surface area (Å²) in [5.74, 6) is 0.577. The first-order chi connectivity index (χ1) is 7.96. The second-order valence-electron chi connectivity index (χ2n) is 3.42. The van der Waals surface area contributed by atoms with Crippen LogP contribution >= 0.6 is 35.0 Å². The molecule has 0 saturated carbocycles. The Kier molecular flexibility index (Phi) is 5.97. The molecule has 0 bridgehead atoms. The monoisotopic (exact) mass is 302 g/mol. The molecule has 0 fully saturated rings. The van der Waals surface area contributed by atoms with Crippen molar-refractivity contribution < 1.29 is 13.2 Å². The number of alkyl halides is 5. The fourth-order valence-corrected chi connectivity index (χ4v) is 2.53. The minimum absolute atomic E-state index is 0.0776. The molecule has 0 nitrogen and oxygen atoms in total. The fourth-order valence-electron chi connectivity index (χ4n) is 1.36. The number of rotatable bonds is 5. The summed E-state index contributed by atoms with van der Waals surface area (Å²) >= 11 is 11.0. The molecule has 0 aliphatic carbocycles. The maximum Gasteiger partial charge on any atom is 0.446 e. The molecule has 1 aromatic carbocycles. The van der Waals surface area contributed by atoms with E-state index in [-0.39, 0.29) is 22.5 Å². The van der Waals surface area contributed by atoms with Gasteiger partial charge in [-0.05, 0) is 41.8 Å². The molecule has 0 amide bonds. The van der Waals surface area contributed by atoms with Crippen LogP contribution in [0, 0.1) is 0 Å². The summed E-state index contributed by atoms with van der Waals surface area (Å²) < 4.78 is 37.0. The molecule has 0 heterocycles. The van der Waals surface area contributed by atoms with Crippen LogP contribution in [-0.2, 0) is 12.3 Å². The SMILES string of the molecule is FC(F)(F)Sc1cc(CCCCl)ccc1CCl. The van der Waals surface area contributed by atoms with Gasteiger partial charge in [-0.25, -0.2) is 0 Å². The third-order valence-corrected chi connectivity index (χ3v) is 3.49. The lowest BCUT2D eigenvalue weighted by Crippen LogP contribution is -2.01. The Balaban J connectivity index is 2.90. The summed E-state index contributed by atoms with van der Waals surface area (Å²) in [5.41, 5.74) is -2.93. The highest BCUT2D eigenvalue weighted by atomic mass is 35.5. The van der Waals surface area contributed by atoms with Gasteiger partial charge in [0.25, 0.3) is 0 Å². The van der Waals surface area contributed by atoms with Crippen LogP contribution in [0.1, 0.15) is 17.5 Å². The molecule has 0 aromatic heterocycles. The second-order valence-corrected chi connectivity index (χ2v) is 5.17. The van der Waals surface area contributed by atoms with Crippen molar-refractivity contribution >= 4 is 35.0 Å². The number of aryl methyl sites for hydroxylation is 1. The van der Waals surface area contributed by atoms with E-state index in [0.29, 0.717) is 17.9 Å². The number of benzene rings is 1. The van der Waals surface area contributed by atoms with E-state index >= 15 is 0 Å². The molecule has 0 atom stereocenters. The van der Waals surface area contributed by atoms with Gasteiger partial charge in [0.15, 0.2) is 0 Å². The Morgan fingerprint density at radius 2 is 1.88 bits per heavy atom. The van der Waals surface area contributed by atoms with Gasteiger partial charge in [0, 0.05) is 16.7 Å². The van der Waals surface area contributed by atoms with E-state index in [4.69, 9.17) is 23.2 Å². The van der Waals surface area contributed by atoms with E-state index in [9.17, 15) is 13.2 Å². The van der Waals surface area contributed by atoms with Crippen molar-refractivity contribution in [1.82, 2.24) is 0 Å². The van der Waals surface area contributed by atoms with E-state index < -0.39 is 5.51 Å². The Hall–Kier alpha value is -0.0600. The zero-order chi connectivity index (χ0) is 12.9. The zero-order valence-corrected chi connectivity index (χ0v) is 11.2. The quantitative estimate of drug-likeness (QED) is 0.531. The van der Waals surface area contributed by atoms with Gasteiger partial charge in [-0.15, -0.1) is 23.2 Å². The average Bonchev–Trinajstić information content (AvgIpc) is 2.24. The maximum atomic E-state index is 12.3. The molecule has 1 rings (SSSR count). The van der Waals surface area contributed by atoms with E-state index in [1.54, 1.807) is 18.2 Å². The van der Waals surface area contributed by atoms with Crippen LogP contribution in [0.2, 0.25) is 0 Å². The molecule has 1 aromatic rings. The highest BCUT2D eigenvalue weighted by molar-refractivity contribution is 8.00. The van der Waals surface area contributed by atoms with E-state index in [2.05, 4.69) is 0 Å². The molecule has 0 aliphatic rings. The third-order valence-electron chi connectivity index (χ3n) is 2.10. The summed E-state index contributed by atoms with van der Waals surface area (Å²) in [7, 11) is 0. The zero-order valence-electron chi connectivity index (χ0n) is 8.86. The Morgan fingerprint density at radius 3 is 2.41 bits per heavy atom. The van der Waals surface area contributed by atoms with Crippen molar-refractivity contribution in [1.29, 1.82) is 0 Å². The number of halogens is 5. The maximum absolute atomic E-state index is 12.3. The minimum atomic E-state index is -4.29. The molecular weight excluding hydrogens is 292 g/mol. The van der Waals surface area contributed by atoms with Crippen LogP contribution in [0.25, 0.3) is 0 Å².